The Bertz CT molecular complexity index is 782. The van der Waals surface area contributed by atoms with Crippen molar-refractivity contribution < 1.29 is 24.2 Å². The molecule has 46 heavy (non-hydrogen) atoms. The molecule has 266 valence electrons. The first kappa shape index (κ1) is 43.9. The highest BCUT2D eigenvalue weighted by Crippen LogP contribution is 2.12. The summed E-state index contributed by atoms with van der Waals surface area (Å²) in [5, 5.41) is 9.54. The molecule has 1 N–H and O–H groups in total. The van der Waals surface area contributed by atoms with Gasteiger partial charge in [0.25, 0.3) is 0 Å². The molecular formula is C41H72O5. The van der Waals surface area contributed by atoms with Gasteiger partial charge in [-0.1, -0.05) is 140 Å². The van der Waals surface area contributed by atoms with E-state index in [1.165, 1.54) is 89.9 Å². The third-order valence-corrected chi connectivity index (χ3v) is 8.10. The molecule has 0 aromatic heterocycles. The molecule has 0 spiro atoms. The maximum atomic E-state index is 12.1. The van der Waals surface area contributed by atoms with Crippen molar-refractivity contribution in [2.24, 2.45) is 0 Å². The fourth-order valence-electron chi connectivity index (χ4n) is 5.14. The second kappa shape index (κ2) is 37.3. The Balaban J connectivity index is 3.62. The fraction of sp³-hybridized carbons (Fsp3) is 0.756. The van der Waals surface area contributed by atoms with E-state index in [-0.39, 0.29) is 25.2 Å². The Morgan fingerprint density at radius 1 is 0.500 bits per heavy atom. The number of esters is 2. The second-order valence-corrected chi connectivity index (χ2v) is 12.6. The van der Waals surface area contributed by atoms with E-state index in [4.69, 9.17) is 9.47 Å². The minimum Gasteiger partial charge on any atom is -0.462 e. The molecule has 1 atom stereocenters. The molecule has 0 heterocycles. The highest BCUT2D eigenvalue weighted by Gasteiger charge is 2.16. The van der Waals surface area contributed by atoms with Crippen LogP contribution in [0.25, 0.3) is 0 Å². The number of rotatable bonds is 34. The Kier molecular flexibility index (Phi) is 35.6. The number of unbranched alkanes of at least 4 members (excludes halogenated alkanes) is 18. The van der Waals surface area contributed by atoms with Gasteiger partial charge in [-0.15, -0.1) is 0 Å². The first-order valence-corrected chi connectivity index (χ1v) is 19.2. The van der Waals surface area contributed by atoms with Gasteiger partial charge in [-0.2, -0.15) is 0 Å². The predicted molar refractivity (Wildman–Crippen MR) is 196 cm³/mol. The van der Waals surface area contributed by atoms with Crippen molar-refractivity contribution >= 4 is 11.9 Å². The molecule has 0 rings (SSSR count). The zero-order chi connectivity index (χ0) is 33.6. The van der Waals surface area contributed by atoms with Gasteiger partial charge in [0.15, 0.2) is 6.10 Å². The SMILES string of the molecule is CCCCCC=CCC=CCC=CCCCCCCC(=O)OC[C@H](CO)OC(=O)CCCCCCCCCC=CCCCCCC. The Hall–Kier alpha value is -2.14. The van der Waals surface area contributed by atoms with E-state index in [0.717, 1.165) is 64.2 Å². The van der Waals surface area contributed by atoms with Gasteiger partial charge in [-0.05, 0) is 77.0 Å². The number of allylic oxidation sites excluding steroid dienone is 8. The van der Waals surface area contributed by atoms with E-state index in [1.807, 2.05) is 0 Å². The molecule has 0 aliphatic rings. The fourth-order valence-corrected chi connectivity index (χ4v) is 5.14. The van der Waals surface area contributed by atoms with Gasteiger partial charge in [0.1, 0.15) is 6.61 Å². The smallest absolute Gasteiger partial charge is 0.306 e. The van der Waals surface area contributed by atoms with E-state index in [2.05, 4.69) is 62.5 Å². The topological polar surface area (TPSA) is 72.8 Å². The Morgan fingerprint density at radius 2 is 0.870 bits per heavy atom. The van der Waals surface area contributed by atoms with Crippen LogP contribution >= 0.6 is 0 Å². The quantitative estimate of drug-likeness (QED) is 0.0429. The number of hydrogen-bond donors (Lipinski definition) is 1. The summed E-state index contributed by atoms with van der Waals surface area (Å²) in [6.07, 6.45) is 45.9. The third kappa shape index (κ3) is 34.7. The standard InChI is InChI=1S/C41H72O5/c1-3-5-7-9-11-13-15-17-19-20-22-23-25-27-29-31-33-35-40(43)45-38-39(37-42)46-41(44)36-34-32-30-28-26-24-21-18-16-14-12-10-8-6-4-2/h11,13-14,16-17,19,22-23,39,42H,3-10,12,15,18,20-21,24-38H2,1-2H3/t39-/m0/s1. The van der Waals surface area contributed by atoms with Crippen LogP contribution in [0.15, 0.2) is 48.6 Å². The van der Waals surface area contributed by atoms with Crippen LogP contribution in [0.1, 0.15) is 181 Å². The molecule has 5 heteroatoms. The molecule has 0 saturated carbocycles. The normalized spacial score (nSPS) is 12.7. The van der Waals surface area contributed by atoms with Crippen molar-refractivity contribution in [3.8, 4) is 0 Å². The first-order chi connectivity index (χ1) is 22.6. The number of carbonyl (C=O) groups excluding carboxylic acids is 2. The maximum absolute atomic E-state index is 12.1. The Morgan fingerprint density at radius 3 is 1.37 bits per heavy atom. The van der Waals surface area contributed by atoms with Crippen LogP contribution in [-0.4, -0.2) is 36.4 Å². The molecule has 0 aliphatic carbocycles. The monoisotopic (exact) mass is 645 g/mol. The average molecular weight is 645 g/mol. The summed E-state index contributed by atoms with van der Waals surface area (Å²) in [5.74, 6) is -0.623. The molecule has 0 aromatic carbocycles. The zero-order valence-corrected chi connectivity index (χ0v) is 30.1. The third-order valence-electron chi connectivity index (χ3n) is 8.10. The zero-order valence-electron chi connectivity index (χ0n) is 30.1. The summed E-state index contributed by atoms with van der Waals surface area (Å²) < 4.78 is 10.6. The summed E-state index contributed by atoms with van der Waals surface area (Å²) in [5.41, 5.74) is 0. The van der Waals surface area contributed by atoms with Crippen LogP contribution in [0.4, 0.5) is 0 Å². The van der Waals surface area contributed by atoms with E-state index in [0.29, 0.717) is 12.8 Å². The van der Waals surface area contributed by atoms with Crippen molar-refractivity contribution in [2.75, 3.05) is 13.2 Å². The van der Waals surface area contributed by atoms with Gasteiger partial charge < -0.3 is 14.6 Å². The van der Waals surface area contributed by atoms with Crippen LogP contribution in [0.3, 0.4) is 0 Å². The Labute approximate surface area is 284 Å². The van der Waals surface area contributed by atoms with Crippen LogP contribution in [0.2, 0.25) is 0 Å². The van der Waals surface area contributed by atoms with E-state index >= 15 is 0 Å². The lowest BCUT2D eigenvalue weighted by Gasteiger charge is -2.15. The van der Waals surface area contributed by atoms with Gasteiger partial charge in [-0.3, -0.25) is 9.59 Å². The minimum atomic E-state index is -0.782. The van der Waals surface area contributed by atoms with E-state index in [9.17, 15) is 14.7 Å². The van der Waals surface area contributed by atoms with Crippen molar-refractivity contribution in [3.63, 3.8) is 0 Å². The number of aliphatic hydroxyl groups is 1. The summed E-state index contributed by atoms with van der Waals surface area (Å²) in [4.78, 5) is 24.2. The van der Waals surface area contributed by atoms with E-state index in [1.54, 1.807) is 0 Å². The summed E-state index contributed by atoms with van der Waals surface area (Å²) in [6, 6.07) is 0. The van der Waals surface area contributed by atoms with Gasteiger partial charge in [0.2, 0.25) is 0 Å². The molecule has 0 amide bonds. The van der Waals surface area contributed by atoms with Crippen molar-refractivity contribution in [1.82, 2.24) is 0 Å². The highest BCUT2D eigenvalue weighted by molar-refractivity contribution is 5.70. The molecule has 0 saturated heterocycles. The summed E-state index contributed by atoms with van der Waals surface area (Å²) in [6.45, 7) is 4.06. The van der Waals surface area contributed by atoms with Crippen molar-refractivity contribution in [3.05, 3.63) is 48.6 Å². The van der Waals surface area contributed by atoms with Crippen molar-refractivity contribution in [2.45, 2.75) is 187 Å². The molecule has 0 aliphatic heterocycles. The second-order valence-electron chi connectivity index (χ2n) is 12.6. The first-order valence-electron chi connectivity index (χ1n) is 19.2. The summed E-state index contributed by atoms with van der Waals surface area (Å²) in [7, 11) is 0. The van der Waals surface area contributed by atoms with Gasteiger partial charge in [0, 0.05) is 12.8 Å². The van der Waals surface area contributed by atoms with Gasteiger partial charge in [0.05, 0.1) is 6.61 Å². The number of carbonyl (C=O) groups is 2. The van der Waals surface area contributed by atoms with Gasteiger partial charge >= 0.3 is 11.9 Å². The lowest BCUT2D eigenvalue weighted by atomic mass is 10.1. The molecule has 0 bridgehead atoms. The largest absolute Gasteiger partial charge is 0.462 e. The van der Waals surface area contributed by atoms with Crippen LogP contribution < -0.4 is 0 Å². The lowest BCUT2D eigenvalue weighted by Crippen LogP contribution is -2.28. The van der Waals surface area contributed by atoms with Crippen LogP contribution in [0.5, 0.6) is 0 Å². The summed E-state index contributed by atoms with van der Waals surface area (Å²) >= 11 is 0. The van der Waals surface area contributed by atoms with Crippen molar-refractivity contribution in [1.29, 1.82) is 0 Å². The minimum absolute atomic E-state index is 0.0798. The number of ether oxygens (including phenoxy) is 2. The number of hydrogen-bond acceptors (Lipinski definition) is 5. The molecule has 0 unspecified atom stereocenters. The average Bonchev–Trinajstić information content (AvgIpc) is 3.06. The lowest BCUT2D eigenvalue weighted by molar-refractivity contribution is -0.161. The van der Waals surface area contributed by atoms with Gasteiger partial charge in [-0.25, -0.2) is 0 Å². The van der Waals surface area contributed by atoms with Crippen LogP contribution in [0, 0.1) is 0 Å². The van der Waals surface area contributed by atoms with Crippen LogP contribution in [-0.2, 0) is 19.1 Å². The molecule has 0 aromatic rings. The predicted octanol–water partition coefficient (Wildman–Crippen LogP) is 11.8. The molecule has 0 fully saturated rings. The van der Waals surface area contributed by atoms with E-state index < -0.39 is 6.10 Å². The molecular weight excluding hydrogens is 572 g/mol. The number of aliphatic hydroxyl groups excluding tert-OH is 1. The maximum Gasteiger partial charge on any atom is 0.306 e. The highest BCUT2D eigenvalue weighted by atomic mass is 16.6. The molecule has 0 radical (unpaired) electrons. The molecule has 5 nitrogen and oxygen atoms in total.